The van der Waals surface area contributed by atoms with E-state index in [0.717, 1.165) is 23.9 Å². The third-order valence-electron chi connectivity index (χ3n) is 4.91. The van der Waals surface area contributed by atoms with Crippen molar-refractivity contribution in [1.82, 2.24) is 19.4 Å². The number of hydrogen-bond donors (Lipinski definition) is 1. The summed E-state index contributed by atoms with van der Waals surface area (Å²) in [6.07, 6.45) is 5.24. The predicted molar refractivity (Wildman–Crippen MR) is 105 cm³/mol. The van der Waals surface area contributed by atoms with Crippen LogP contribution in [0, 0.1) is 0 Å². The first-order valence-corrected chi connectivity index (χ1v) is 9.54. The molecule has 0 aliphatic carbocycles. The highest BCUT2D eigenvalue weighted by atomic mass is 35.5. The molecule has 0 spiro atoms. The van der Waals surface area contributed by atoms with E-state index in [-0.39, 0.29) is 24.1 Å². The van der Waals surface area contributed by atoms with E-state index >= 15 is 0 Å². The van der Waals surface area contributed by atoms with Crippen LogP contribution in [0.2, 0.25) is 10.0 Å². The van der Waals surface area contributed by atoms with Crippen LogP contribution >= 0.6 is 23.2 Å². The molecule has 0 saturated carbocycles. The van der Waals surface area contributed by atoms with Gasteiger partial charge >= 0.3 is 5.69 Å². The van der Waals surface area contributed by atoms with Gasteiger partial charge in [-0.15, -0.1) is 0 Å². The maximum absolute atomic E-state index is 12.8. The van der Waals surface area contributed by atoms with Gasteiger partial charge in [0.05, 0.1) is 29.7 Å². The fourth-order valence-electron chi connectivity index (χ4n) is 3.73. The lowest BCUT2D eigenvalue weighted by Gasteiger charge is -2.33. The number of hydrogen-bond acceptors (Lipinski definition) is 3. The largest absolute Gasteiger partial charge is 0.340 e. The number of carbonyl (C=O) groups excluding carboxylic acids is 1. The normalized spacial score (nSPS) is 17.4. The molecule has 4 rings (SSSR count). The minimum atomic E-state index is -0.168. The maximum Gasteiger partial charge on any atom is 0.326 e. The summed E-state index contributed by atoms with van der Waals surface area (Å²) in [7, 11) is 0. The molecule has 6 nitrogen and oxygen atoms in total. The number of imidazole rings is 1. The number of nitrogens with zero attached hydrogens (tertiary/aromatic N) is 3. The lowest BCUT2D eigenvalue weighted by atomic mass is 10.0. The van der Waals surface area contributed by atoms with Gasteiger partial charge in [-0.1, -0.05) is 23.2 Å². The molecular weight excluding hydrogens is 387 g/mol. The number of halogens is 2. The van der Waals surface area contributed by atoms with Gasteiger partial charge in [-0.05, 0) is 42.7 Å². The Labute approximate surface area is 165 Å². The average molecular weight is 405 g/mol. The number of piperidine rings is 1. The number of nitrogens with one attached hydrogen (secondary N) is 1. The van der Waals surface area contributed by atoms with Crippen LogP contribution in [-0.2, 0) is 11.2 Å². The summed E-state index contributed by atoms with van der Waals surface area (Å²) in [5.74, 6) is 0.00703. The first-order valence-electron chi connectivity index (χ1n) is 8.78. The molecule has 1 amide bonds. The maximum atomic E-state index is 12.8. The Morgan fingerprint density at radius 1 is 1.26 bits per heavy atom. The van der Waals surface area contributed by atoms with Crippen LogP contribution in [0.1, 0.15) is 24.4 Å². The number of aromatic nitrogens is 3. The molecule has 1 fully saturated rings. The molecule has 1 N–H and O–H groups in total. The third kappa shape index (κ3) is 3.73. The average Bonchev–Trinajstić information content (AvgIpc) is 2.96. The van der Waals surface area contributed by atoms with Crippen LogP contribution < -0.4 is 5.69 Å². The summed E-state index contributed by atoms with van der Waals surface area (Å²) >= 11 is 12.1. The molecule has 0 bridgehead atoms. The van der Waals surface area contributed by atoms with Crippen LogP contribution in [-0.4, -0.2) is 38.4 Å². The summed E-state index contributed by atoms with van der Waals surface area (Å²) in [5, 5.41) is 1.03. The van der Waals surface area contributed by atoms with Crippen LogP contribution in [0.25, 0.3) is 11.0 Å². The van der Waals surface area contributed by atoms with Gasteiger partial charge in [-0.25, -0.2) is 4.79 Å². The molecular formula is C19H18Cl2N4O2. The first kappa shape index (κ1) is 18.1. The van der Waals surface area contributed by atoms with Gasteiger partial charge in [-0.3, -0.25) is 14.3 Å². The minimum absolute atomic E-state index is 0.00703. The van der Waals surface area contributed by atoms with E-state index in [4.69, 9.17) is 23.2 Å². The number of H-pyrrole nitrogens is 1. The van der Waals surface area contributed by atoms with Gasteiger partial charge in [-0.2, -0.15) is 0 Å². The van der Waals surface area contributed by atoms with E-state index in [1.165, 1.54) is 0 Å². The molecule has 2 aromatic heterocycles. The Morgan fingerprint density at radius 3 is 2.81 bits per heavy atom. The standard InChI is InChI=1S/C19H18Cl2N4O2/c20-13-6-12(7-14(21)9-13)8-18(26)24-5-1-2-15(11-24)25-17-3-4-22-10-16(17)23-19(25)27/h3-4,6-7,9-10,15H,1-2,5,8,11H2,(H,23,27)/t15-/m0/s1. The molecule has 3 heterocycles. The van der Waals surface area contributed by atoms with Crippen LogP contribution in [0.5, 0.6) is 0 Å². The molecule has 3 aromatic rings. The highest BCUT2D eigenvalue weighted by molar-refractivity contribution is 6.34. The van der Waals surface area contributed by atoms with E-state index in [2.05, 4.69) is 9.97 Å². The van der Waals surface area contributed by atoms with E-state index in [0.29, 0.717) is 28.7 Å². The zero-order valence-corrected chi connectivity index (χ0v) is 16.0. The number of likely N-dealkylation sites (tertiary alicyclic amines) is 1. The van der Waals surface area contributed by atoms with Crippen molar-refractivity contribution >= 4 is 40.1 Å². The topological polar surface area (TPSA) is 71.0 Å². The van der Waals surface area contributed by atoms with Crippen molar-refractivity contribution in [2.45, 2.75) is 25.3 Å². The zero-order valence-electron chi connectivity index (χ0n) is 14.5. The molecule has 0 radical (unpaired) electrons. The number of fused-ring (bicyclic) bond motifs is 1. The van der Waals surface area contributed by atoms with Gasteiger partial charge in [0, 0.05) is 29.3 Å². The van der Waals surface area contributed by atoms with Crippen LogP contribution in [0.3, 0.4) is 0 Å². The molecule has 1 aromatic carbocycles. The number of benzene rings is 1. The Bertz CT molecular complexity index is 1040. The summed E-state index contributed by atoms with van der Waals surface area (Å²) in [6.45, 7) is 1.19. The van der Waals surface area contributed by atoms with E-state index < -0.39 is 0 Å². The lowest BCUT2D eigenvalue weighted by molar-refractivity contribution is -0.132. The fraction of sp³-hybridized carbons (Fsp3) is 0.316. The SMILES string of the molecule is O=C(Cc1cc(Cl)cc(Cl)c1)N1CCC[C@H](n2c(=O)[nH]c3cnccc32)C1. The van der Waals surface area contributed by atoms with Crippen molar-refractivity contribution in [2.24, 2.45) is 0 Å². The fourth-order valence-corrected chi connectivity index (χ4v) is 4.30. The molecule has 0 unspecified atom stereocenters. The molecule has 1 saturated heterocycles. The molecule has 1 aliphatic heterocycles. The van der Waals surface area contributed by atoms with Crippen molar-refractivity contribution in [3.63, 3.8) is 0 Å². The summed E-state index contributed by atoms with van der Waals surface area (Å²) in [5.41, 5.74) is 2.14. The molecule has 1 atom stereocenters. The second kappa shape index (κ2) is 7.37. The Hall–Kier alpha value is -2.31. The number of carbonyl (C=O) groups is 1. The predicted octanol–water partition coefficient (Wildman–Crippen LogP) is 3.44. The van der Waals surface area contributed by atoms with Crippen molar-refractivity contribution in [1.29, 1.82) is 0 Å². The summed E-state index contributed by atoms with van der Waals surface area (Å²) in [4.78, 5) is 33.9. The molecule has 27 heavy (non-hydrogen) atoms. The summed E-state index contributed by atoms with van der Waals surface area (Å²) < 4.78 is 1.74. The smallest absolute Gasteiger partial charge is 0.326 e. The van der Waals surface area contributed by atoms with Crippen molar-refractivity contribution in [3.8, 4) is 0 Å². The van der Waals surface area contributed by atoms with Gasteiger partial charge in [0.15, 0.2) is 0 Å². The van der Waals surface area contributed by atoms with Crippen molar-refractivity contribution < 1.29 is 4.79 Å². The number of rotatable bonds is 3. The second-order valence-electron chi connectivity index (χ2n) is 6.78. The van der Waals surface area contributed by atoms with Crippen molar-refractivity contribution in [2.75, 3.05) is 13.1 Å². The lowest BCUT2D eigenvalue weighted by Crippen LogP contribution is -2.43. The monoisotopic (exact) mass is 404 g/mol. The van der Waals surface area contributed by atoms with Crippen LogP contribution in [0.4, 0.5) is 0 Å². The third-order valence-corrected chi connectivity index (χ3v) is 5.35. The van der Waals surface area contributed by atoms with Gasteiger partial charge in [0.1, 0.15) is 0 Å². The Balaban J connectivity index is 1.54. The summed E-state index contributed by atoms with van der Waals surface area (Å²) in [6, 6.07) is 6.91. The van der Waals surface area contributed by atoms with E-state index in [1.54, 1.807) is 35.2 Å². The van der Waals surface area contributed by atoms with E-state index in [9.17, 15) is 9.59 Å². The second-order valence-corrected chi connectivity index (χ2v) is 7.66. The van der Waals surface area contributed by atoms with Gasteiger partial charge < -0.3 is 9.88 Å². The van der Waals surface area contributed by atoms with Gasteiger partial charge in [0.25, 0.3) is 0 Å². The van der Waals surface area contributed by atoms with Gasteiger partial charge in [0.2, 0.25) is 5.91 Å². The van der Waals surface area contributed by atoms with Crippen LogP contribution in [0.15, 0.2) is 41.5 Å². The quantitative estimate of drug-likeness (QED) is 0.726. The molecule has 140 valence electrons. The highest BCUT2D eigenvalue weighted by Crippen LogP contribution is 2.25. The Morgan fingerprint density at radius 2 is 2.04 bits per heavy atom. The first-order chi connectivity index (χ1) is 13.0. The van der Waals surface area contributed by atoms with Crippen molar-refractivity contribution in [3.05, 3.63) is 62.8 Å². The molecule has 8 heteroatoms. The highest BCUT2D eigenvalue weighted by Gasteiger charge is 2.27. The zero-order chi connectivity index (χ0) is 19.0. The Kier molecular flexibility index (Phi) is 4.93. The number of amides is 1. The minimum Gasteiger partial charge on any atom is -0.340 e. The number of aromatic amines is 1. The molecule has 1 aliphatic rings. The number of pyridine rings is 1. The van der Waals surface area contributed by atoms with E-state index in [1.807, 2.05) is 11.0 Å².